The van der Waals surface area contributed by atoms with Crippen LogP contribution in [0.5, 0.6) is 0 Å². The van der Waals surface area contributed by atoms with E-state index in [1.165, 1.54) is 5.56 Å². The standard InChI is InChI=1S/C13H12O/c14-13-8-4-7-12(13)10-9-11-5-2-1-3-6-11/h1-8H,9-10H2. The number of benzene rings is 1. The number of aryl methyl sites for hydroxylation is 1. The molecular formula is C13H12O. The fraction of sp³-hybridized carbons (Fsp3) is 0.154. The molecule has 14 heavy (non-hydrogen) atoms. The summed E-state index contributed by atoms with van der Waals surface area (Å²) in [4.78, 5) is 11.2. The molecule has 0 saturated heterocycles. The van der Waals surface area contributed by atoms with Crippen LogP contribution in [0.4, 0.5) is 0 Å². The minimum absolute atomic E-state index is 0.168. The lowest BCUT2D eigenvalue weighted by Crippen LogP contribution is -1.96. The summed E-state index contributed by atoms with van der Waals surface area (Å²) in [6.45, 7) is 0. The Kier molecular flexibility index (Phi) is 2.59. The van der Waals surface area contributed by atoms with Gasteiger partial charge in [-0.2, -0.15) is 0 Å². The van der Waals surface area contributed by atoms with Crippen LogP contribution in [0.2, 0.25) is 0 Å². The van der Waals surface area contributed by atoms with Crippen LogP contribution in [0, 0.1) is 0 Å². The molecule has 1 aliphatic rings. The van der Waals surface area contributed by atoms with Crippen molar-refractivity contribution in [3.8, 4) is 0 Å². The van der Waals surface area contributed by atoms with Crippen LogP contribution in [-0.2, 0) is 11.2 Å². The highest BCUT2D eigenvalue weighted by Gasteiger charge is 2.08. The number of carbonyl (C=O) groups is 1. The molecule has 0 saturated carbocycles. The van der Waals surface area contributed by atoms with E-state index in [2.05, 4.69) is 12.1 Å². The molecule has 1 aromatic rings. The zero-order valence-electron chi connectivity index (χ0n) is 7.94. The van der Waals surface area contributed by atoms with Gasteiger partial charge >= 0.3 is 0 Å². The van der Waals surface area contributed by atoms with Gasteiger partial charge < -0.3 is 0 Å². The van der Waals surface area contributed by atoms with Crippen molar-refractivity contribution in [1.82, 2.24) is 0 Å². The molecule has 0 aliphatic heterocycles. The quantitative estimate of drug-likeness (QED) is 0.705. The van der Waals surface area contributed by atoms with Gasteiger partial charge in [-0.15, -0.1) is 0 Å². The van der Waals surface area contributed by atoms with Crippen molar-refractivity contribution in [2.24, 2.45) is 0 Å². The Morgan fingerprint density at radius 3 is 2.43 bits per heavy atom. The Bertz CT molecular complexity index is 385. The van der Waals surface area contributed by atoms with E-state index in [-0.39, 0.29) is 5.78 Å². The van der Waals surface area contributed by atoms with Crippen LogP contribution < -0.4 is 0 Å². The zero-order chi connectivity index (χ0) is 9.80. The van der Waals surface area contributed by atoms with Gasteiger partial charge in [0.25, 0.3) is 0 Å². The number of ketones is 1. The first kappa shape index (κ1) is 8.95. The Labute approximate surface area is 83.8 Å². The SMILES string of the molecule is O=C1C=CC=C1CCc1ccccc1. The van der Waals surface area contributed by atoms with Crippen LogP contribution in [0.25, 0.3) is 0 Å². The first-order valence-corrected chi connectivity index (χ1v) is 4.82. The molecule has 70 valence electrons. The Balaban J connectivity index is 1.93. The molecule has 0 spiro atoms. The minimum Gasteiger partial charge on any atom is -0.290 e. The van der Waals surface area contributed by atoms with Crippen molar-refractivity contribution < 1.29 is 4.79 Å². The van der Waals surface area contributed by atoms with Crippen molar-refractivity contribution >= 4 is 5.78 Å². The van der Waals surface area contributed by atoms with Crippen LogP contribution in [0.1, 0.15) is 12.0 Å². The van der Waals surface area contributed by atoms with Crippen molar-refractivity contribution in [3.63, 3.8) is 0 Å². The van der Waals surface area contributed by atoms with Crippen molar-refractivity contribution in [3.05, 3.63) is 59.7 Å². The first-order chi connectivity index (χ1) is 6.86. The van der Waals surface area contributed by atoms with E-state index in [0.29, 0.717) is 0 Å². The van der Waals surface area contributed by atoms with Gasteiger partial charge in [0, 0.05) is 0 Å². The molecule has 0 aromatic heterocycles. The van der Waals surface area contributed by atoms with E-state index in [1.54, 1.807) is 6.08 Å². The number of carbonyl (C=O) groups excluding carboxylic acids is 1. The summed E-state index contributed by atoms with van der Waals surface area (Å²) in [5.74, 6) is 0.168. The van der Waals surface area contributed by atoms with Crippen LogP contribution in [-0.4, -0.2) is 5.78 Å². The largest absolute Gasteiger partial charge is 0.290 e. The molecule has 0 unspecified atom stereocenters. The van der Waals surface area contributed by atoms with Gasteiger partial charge in [-0.05, 0) is 30.1 Å². The third-order valence-electron chi connectivity index (χ3n) is 2.39. The Hall–Kier alpha value is -1.63. The lowest BCUT2D eigenvalue weighted by Gasteiger charge is -2.00. The molecule has 0 bridgehead atoms. The predicted octanol–water partition coefficient (Wildman–Crippen LogP) is 2.68. The lowest BCUT2D eigenvalue weighted by atomic mass is 10.0. The van der Waals surface area contributed by atoms with E-state index < -0.39 is 0 Å². The van der Waals surface area contributed by atoms with Gasteiger partial charge in [-0.1, -0.05) is 42.5 Å². The average Bonchev–Trinajstić information content (AvgIpc) is 2.63. The highest BCUT2D eigenvalue weighted by molar-refractivity contribution is 6.06. The van der Waals surface area contributed by atoms with Crippen molar-refractivity contribution in [2.75, 3.05) is 0 Å². The Morgan fingerprint density at radius 1 is 1.00 bits per heavy atom. The normalized spacial score (nSPS) is 14.6. The molecule has 0 fully saturated rings. The molecule has 2 rings (SSSR count). The second-order valence-electron chi connectivity index (χ2n) is 3.40. The smallest absolute Gasteiger partial charge is 0.181 e. The topological polar surface area (TPSA) is 17.1 Å². The average molecular weight is 184 g/mol. The summed E-state index contributed by atoms with van der Waals surface area (Å²) in [5.41, 5.74) is 2.21. The monoisotopic (exact) mass is 184 g/mol. The van der Waals surface area contributed by atoms with Gasteiger partial charge in [0.15, 0.2) is 5.78 Å². The highest BCUT2D eigenvalue weighted by atomic mass is 16.1. The summed E-state index contributed by atoms with van der Waals surface area (Å²) in [6, 6.07) is 10.2. The van der Waals surface area contributed by atoms with Crippen LogP contribution in [0.3, 0.4) is 0 Å². The van der Waals surface area contributed by atoms with E-state index in [0.717, 1.165) is 18.4 Å². The van der Waals surface area contributed by atoms with Crippen molar-refractivity contribution in [1.29, 1.82) is 0 Å². The summed E-state index contributed by atoms with van der Waals surface area (Å²) in [6.07, 6.45) is 7.14. The minimum atomic E-state index is 0.168. The molecule has 1 nitrogen and oxygen atoms in total. The second-order valence-corrected chi connectivity index (χ2v) is 3.40. The number of hydrogen-bond donors (Lipinski definition) is 0. The van der Waals surface area contributed by atoms with Gasteiger partial charge in [-0.3, -0.25) is 4.79 Å². The molecular weight excluding hydrogens is 172 g/mol. The van der Waals surface area contributed by atoms with Gasteiger partial charge in [0.2, 0.25) is 0 Å². The second kappa shape index (κ2) is 4.05. The fourth-order valence-electron chi connectivity index (χ4n) is 1.57. The molecule has 0 radical (unpaired) electrons. The summed E-state index contributed by atoms with van der Waals surface area (Å²) in [7, 11) is 0. The van der Waals surface area contributed by atoms with E-state index in [4.69, 9.17) is 0 Å². The molecule has 0 N–H and O–H groups in total. The summed E-state index contributed by atoms with van der Waals surface area (Å²) >= 11 is 0. The maximum absolute atomic E-state index is 11.2. The third kappa shape index (κ3) is 1.99. The third-order valence-corrected chi connectivity index (χ3v) is 2.39. The maximum atomic E-state index is 11.2. The molecule has 0 heterocycles. The predicted molar refractivity (Wildman–Crippen MR) is 57.0 cm³/mol. The van der Waals surface area contributed by atoms with Crippen LogP contribution in [0.15, 0.2) is 54.1 Å². The summed E-state index contributed by atoms with van der Waals surface area (Å²) < 4.78 is 0. The lowest BCUT2D eigenvalue weighted by molar-refractivity contribution is -0.111. The molecule has 1 heteroatoms. The Morgan fingerprint density at radius 2 is 1.79 bits per heavy atom. The van der Waals surface area contributed by atoms with Gasteiger partial charge in [0.1, 0.15) is 0 Å². The molecule has 0 amide bonds. The van der Waals surface area contributed by atoms with E-state index >= 15 is 0 Å². The number of rotatable bonds is 3. The summed E-state index contributed by atoms with van der Waals surface area (Å²) in [5, 5.41) is 0. The maximum Gasteiger partial charge on any atom is 0.181 e. The number of allylic oxidation sites excluding steroid dienone is 4. The highest BCUT2D eigenvalue weighted by Crippen LogP contribution is 2.14. The van der Waals surface area contributed by atoms with Gasteiger partial charge in [0.05, 0.1) is 0 Å². The van der Waals surface area contributed by atoms with E-state index in [1.807, 2.05) is 30.4 Å². The van der Waals surface area contributed by atoms with Gasteiger partial charge in [-0.25, -0.2) is 0 Å². The first-order valence-electron chi connectivity index (χ1n) is 4.82. The van der Waals surface area contributed by atoms with E-state index in [9.17, 15) is 4.79 Å². The molecule has 0 atom stereocenters. The number of hydrogen-bond acceptors (Lipinski definition) is 1. The molecule has 1 aromatic carbocycles. The zero-order valence-corrected chi connectivity index (χ0v) is 7.94. The fourth-order valence-corrected chi connectivity index (χ4v) is 1.57. The van der Waals surface area contributed by atoms with Crippen LogP contribution >= 0.6 is 0 Å². The molecule has 1 aliphatic carbocycles. The van der Waals surface area contributed by atoms with Crippen molar-refractivity contribution in [2.45, 2.75) is 12.8 Å².